The number of aromatic nitrogens is 4. The molecular weight excluding hydrogens is 432 g/mol. The zero-order valence-corrected chi connectivity index (χ0v) is 19.4. The van der Waals surface area contributed by atoms with E-state index in [0.717, 1.165) is 27.5 Å². The smallest absolute Gasteiger partial charge is 0.256 e. The molecule has 0 spiro atoms. The van der Waals surface area contributed by atoms with Crippen LogP contribution in [-0.2, 0) is 0 Å². The first-order chi connectivity index (χ1) is 14.9. The monoisotopic (exact) mass is 454 g/mol. The van der Waals surface area contributed by atoms with Crippen molar-refractivity contribution in [3.05, 3.63) is 63.0 Å². The zero-order valence-electron chi connectivity index (χ0n) is 17.8. The molecule has 0 saturated heterocycles. The number of hydrogen-bond acceptors (Lipinski definition) is 6. The fraction of sp³-hybridized carbons (Fsp3) is 0.273. The summed E-state index contributed by atoms with van der Waals surface area (Å²) in [7, 11) is 0. The van der Waals surface area contributed by atoms with Crippen molar-refractivity contribution in [1.82, 2.24) is 25.1 Å². The van der Waals surface area contributed by atoms with Gasteiger partial charge in [-0.3, -0.25) is 4.79 Å². The molecule has 3 heterocycles. The molecule has 0 saturated carbocycles. The third-order valence-corrected chi connectivity index (χ3v) is 6.53. The van der Waals surface area contributed by atoms with Gasteiger partial charge in [0.05, 0.1) is 22.3 Å². The Balaban J connectivity index is 1.44. The topological polar surface area (TPSA) is 84.7 Å². The molecule has 1 amide bonds. The van der Waals surface area contributed by atoms with Gasteiger partial charge in [0.25, 0.3) is 5.91 Å². The fourth-order valence-electron chi connectivity index (χ4n) is 3.43. The normalized spacial score (nSPS) is 11.1. The number of nitrogens with zero attached hydrogens (tertiary/aromatic N) is 4. The minimum Gasteiger partial charge on any atom is -0.368 e. The maximum atomic E-state index is 12.8. The Labute approximate surface area is 189 Å². The lowest BCUT2D eigenvalue weighted by Gasteiger charge is -2.10. The van der Waals surface area contributed by atoms with Gasteiger partial charge in [-0.1, -0.05) is 29.8 Å². The van der Waals surface area contributed by atoms with Crippen molar-refractivity contribution in [2.45, 2.75) is 27.7 Å². The average molecular weight is 455 g/mol. The highest BCUT2D eigenvalue weighted by molar-refractivity contribution is 7.18. The highest BCUT2D eigenvalue weighted by Gasteiger charge is 2.21. The summed E-state index contributed by atoms with van der Waals surface area (Å²) < 4.78 is 1.58. The van der Waals surface area contributed by atoms with Crippen molar-refractivity contribution in [3.8, 4) is 5.69 Å². The SMILES string of the molecule is Cc1nc(NCCNC(=O)c2c(C)nn(-c3ccccc3)c2Cl)c2c(C)c(C)sc2n1. The molecule has 0 atom stereocenters. The molecule has 4 aromatic rings. The van der Waals surface area contributed by atoms with Crippen LogP contribution in [0.2, 0.25) is 5.15 Å². The van der Waals surface area contributed by atoms with Crippen LogP contribution in [0, 0.1) is 27.7 Å². The van der Waals surface area contributed by atoms with Gasteiger partial charge < -0.3 is 10.6 Å². The number of para-hydroxylation sites is 1. The second-order valence-corrected chi connectivity index (χ2v) is 8.83. The number of rotatable bonds is 6. The number of anilines is 1. The second-order valence-electron chi connectivity index (χ2n) is 7.26. The molecule has 0 radical (unpaired) electrons. The molecule has 0 aliphatic heterocycles. The molecular formula is C22H23ClN6OS. The van der Waals surface area contributed by atoms with E-state index >= 15 is 0 Å². The standard InChI is InChI=1S/C22H23ClN6OS/c1-12-14(3)31-22-17(12)20(26-15(4)27-22)24-10-11-25-21(30)18-13(2)28-29(19(18)23)16-8-6-5-7-9-16/h5-9H,10-11H2,1-4H3,(H,25,30)(H,24,26,27). The molecule has 160 valence electrons. The minimum atomic E-state index is -0.252. The van der Waals surface area contributed by atoms with Gasteiger partial charge in [-0.05, 0) is 45.4 Å². The lowest BCUT2D eigenvalue weighted by Crippen LogP contribution is -2.29. The van der Waals surface area contributed by atoms with Crippen molar-refractivity contribution >= 4 is 44.9 Å². The highest BCUT2D eigenvalue weighted by atomic mass is 35.5. The number of aryl methyl sites for hydroxylation is 4. The number of benzene rings is 1. The number of thiophene rings is 1. The van der Waals surface area contributed by atoms with E-state index in [9.17, 15) is 4.79 Å². The van der Waals surface area contributed by atoms with Crippen LogP contribution in [0.15, 0.2) is 30.3 Å². The Morgan fingerprint density at radius 3 is 2.58 bits per heavy atom. The first kappa shape index (κ1) is 21.3. The number of hydrogen-bond donors (Lipinski definition) is 2. The maximum absolute atomic E-state index is 12.8. The summed E-state index contributed by atoms with van der Waals surface area (Å²) >= 11 is 8.15. The van der Waals surface area contributed by atoms with Crippen molar-refractivity contribution in [1.29, 1.82) is 0 Å². The van der Waals surface area contributed by atoms with Crippen LogP contribution >= 0.6 is 22.9 Å². The minimum absolute atomic E-state index is 0.252. The van der Waals surface area contributed by atoms with Crippen molar-refractivity contribution < 1.29 is 4.79 Å². The van der Waals surface area contributed by atoms with E-state index in [1.165, 1.54) is 10.4 Å². The Morgan fingerprint density at radius 2 is 1.84 bits per heavy atom. The Hall–Kier alpha value is -2.97. The van der Waals surface area contributed by atoms with Gasteiger partial charge in [0.2, 0.25) is 0 Å². The predicted octanol–water partition coefficient (Wildman–Crippen LogP) is 4.61. The van der Waals surface area contributed by atoms with Crippen LogP contribution in [0.1, 0.15) is 32.3 Å². The van der Waals surface area contributed by atoms with Crippen LogP contribution in [0.5, 0.6) is 0 Å². The van der Waals surface area contributed by atoms with Crippen LogP contribution in [-0.4, -0.2) is 38.7 Å². The van der Waals surface area contributed by atoms with Gasteiger partial charge in [0, 0.05) is 18.0 Å². The van der Waals surface area contributed by atoms with E-state index in [4.69, 9.17) is 11.6 Å². The molecule has 3 aromatic heterocycles. The third kappa shape index (κ3) is 4.13. The molecule has 0 aliphatic rings. The Kier molecular flexibility index (Phi) is 5.93. The Bertz CT molecular complexity index is 1260. The van der Waals surface area contributed by atoms with Crippen molar-refractivity contribution in [2.75, 3.05) is 18.4 Å². The van der Waals surface area contributed by atoms with E-state index < -0.39 is 0 Å². The molecule has 0 bridgehead atoms. The maximum Gasteiger partial charge on any atom is 0.256 e. The molecule has 4 rings (SSSR count). The Morgan fingerprint density at radius 1 is 1.10 bits per heavy atom. The fourth-order valence-corrected chi connectivity index (χ4v) is 4.86. The molecule has 0 unspecified atom stereocenters. The summed E-state index contributed by atoms with van der Waals surface area (Å²) in [6.45, 7) is 8.76. The van der Waals surface area contributed by atoms with Crippen molar-refractivity contribution in [2.24, 2.45) is 0 Å². The van der Waals surface area contributed by atoms with Gasteiger partial charge in [0.15, 0.2) is 0 Å². The molecule has 2 N–H and O–H groups in total. The summed E-state index contributed by atoms with van der Waals surface area (Å²) in [6, 6.07) is 9.50. The number of amides is 1. The number of halogens is 1. The van der Waals surface area contributed by atoms with E-state index in [1.807, 2.05) is 37.3 Å². The number of nitrogens with one attached hydrogen (secondary N) is 2. The lowest BCUT2D eigenvalue weighted by atomic mass is 10.2. The van der Waals surface area contributed by atoms with Gasteiger partial charge >= 0.3 is 0 Å². The van der Waals surface area contributed by atoms with Gasteiger partial charge in [0.1, 0.15) is 21.6 Å². The van der Waals surface area contributed by atoms with Gasteiger partial charge in [-0.2, -0.15) is 5.10 Å². The van der Waals surface area contributed by atoms with Crippen LogP contribution < -0.4 is 10.6 Å². The molecule has 9 heteroatoms. The summed E-state index contributed by atoms with van der Waals surface area (Å²) in [5.41, 5.74) is 2.95. The quantitative estimate of drug-likeness (QED) is 0.416. The van der Waals surface area contributed by atoms with E-state index in [0.29, 0.717) is 29.5 Å². The van der Waals surface area contributed by atoms with Crippen LogP contribution in [0.25, 0.3) is 15.9 Å². The molecule has 7 nitrogen and oxygen atoms in total. The van der Waals surface area contributed by atoms with Crippen molar-refractivity contribution in [3.63, 3.8) is 0 Å². The largest absolute Gasteiger partial charge is 0.368 e. The number of carbonyl (C=O) groups is 1. The molecule has 0 fully saturated rings. The average Bonchev–Trinajstić information content (AvgIpc) is 3.20. The van der Waals surface area contributed by atoms with E-state index in [2.05, 4.69) is 39.5 Å². The second kappa shape index (κ2) is 8.64. The van der Waals surface area contributed by atoms with Crippen LogP contribution in [0.3, 0.4) is 0 Å². The first-order valence-corrected chi connectivity index (χ1v) is 11.1. The number of fused-ring (bicyclic) bond motifs is 1. The molecule has 31 heavy (non-hydrogen) atoms. The van der Waals surface area contributed by atoms with E-state index in [-0.39, 0.29) is 5.91 Å². The first-order valence-electron chi connectivity index (χ1n) is 9.93. The summed E-state index contributed by atoms with van der Waals surface area (Å²) in [4.78, 5) is 24.1. The summed E-state index contributed by atoms with van der Waals surface area (Å²) in [6.07, 6.45) is 0. The third-order valence-electron chi connectivity index (χ3n) is 5.08. The zero-order chi connectivity index (χ0) is 22.1. The molecule has 0 aliphatic carbocycles. The lowest BCUT2D eigenvalue weighted by molar-refractivity contribution is 0.0954. The summed E-state index contributed by atoms with van der Waals surface area (Å²) in [5.74, 6) is 1.26. The van der Waals surface area contributed by atoms with Gasteiger partial charge in [-0.25, -0.2) is 14.6 Å². The van der Waals surface area contributed by atoms with E-state index in [1.54, 1.807) is 22.9 Å². The predicted molar refractivity (Wildman–Crippen MR) is 126 cm³/mol. The van der Waals surface area contributed by atoms with Gasteiger partial charge in [-0.15, -0.1) is 11.3 Å². The summed E-state index contributed by atoms with van der Waals surface area (Å²) in [5, 5.41) is 12.0. The highest BCUT2D eigenvalue weighted by Crippen LogP contribution is 2.33. The number of carbonyl (C=O) groups excluding carboxylic acids is 1. The molecule has 1 aromatic carbocycles. The van der Waals surface area contributed by atoms with Crippen LogP contribution in [0.4, 0.5) is 5.82 Å².